The van der Waals surface area contributed by atoms with E-state index < -0.39 is 6.10 Å². The predicted octanol–water partition coefficient (Wildman–Crippen LogP) is 2.46. The van der Waals surface area contributed by atoms with Crippen LogP contribution in [0.25, 0.3) is 0 Å². The Bertz CT molecular complexity index is 460. The number of anilines is 1. The maximum atomic E-state index is 13.4. The normalized spacial score (nSPS) is 24.3. The Morgan fingerprint density at radius 3 is 2.85 bits per heavy atom. The van der Waals surface area contributed by atoms with Gasteiger partial charge in [-0.05, 0) is 62.9 Å². The summed E-state index contributed by atoms with van der Waals surface area (Å²) in [5.41, 5.74) is 1.78. The number of benzene rings is 1. The number of halogens is 1. The summed E-state index contributed by atoms with van der Waals surface area (Å²) in [6.45, 7) is 4.17. The fourth-order valence-electron chi connectivity index (χ4n) is 3.40. The molecule has 4 heteroatoms. The van der Waals surface area contributed by atoms with E-state index in [9.17, 15) is 9.50 Å². The smallest absolute Gasteiger partial charge is 0.123 e. The van der Waals surface area contributed by atoms with E-state index in [0.717, 1.165) is 50.3 Å². The van der Waals surface area contributed by atoms with Crippen molar-refractivity contribution in [2.24, 2.45) is 5.92 Å². The number of nitrogens with zero attached hydrogens (tertiary/aromatic N) is 1. The zero-order chi connectivity index (χ0) is 13.9. The fourth-order valence-corrected chi connectivity index (χ4v) is 3.40. The van der Waals surface area contributed by atoms with Gasteiger partial charge in [0.05, 0.1) is 6.10 Å². The Morgan fingerprint density at radius 1 is 1.25 bits per heavy atom. The Kier molecular flexibility index (Phi) is 4.22. The number of rotatable bonds is 2. The van der Waals surface area contributed by atoms with Gasteiger partial charge in [0.15, 0.2) is 0 Å². The van der Waals surface area contributed by atoms with Crippen molar-refractivity contribution in [3.05, 3.63) is 29.6 Å². The Morgan fingerprint density at radius 2 is 2.05 bits per heavy atom. The van der Waals surface area contributed by atoms with E-state index >= 15 is 0 Å². The second-order valence-electron chi connectivity index (χ2n) is 6.00. The highest BCUT2D eigenvalue weighted by atomic mass is 19.1. The maximum absolute atomic E-state index is 13.4. The SMILES string of the molecule is OC1CCCN(CC2CCNCC2)c2ccc(F)cc21. The van der Waals surface area contributed by atoms with Crippen LogP contribution in [0, 0.1) is 11.7 Å². The lowest BCUT2D eigenvalue weighted by Crippen LogP contribution is -2.36. The van der Waals surface area contributed by atoms with Crippen molar-refractivity contribution < 1.29 is 9.50 Å². The molecule has 1 fully saturated rings. The van der Waals surface area contributed by atoms with Gasteiger partial charge in [-0.2, -0.15) is 0 Å². The summed E-state index contributed by atoms with van der Waals surface area (Å²) >= 11 is 0. The Labute approximate surface area is 119 Å². The highest BCUT2D eigenvalue weighted by Crippen LogP contribution is 2.34. The summed E-state index contributed by atoms with van der Waals surface area (Å²) in [7, 11) is 0. The molecular formula is C16H23FN2O. The van der Waals surface area contributed by atoms with Crippen molar-refractivity contribution >= 4 is 5.69 Å². The molecule has 3 nitrogen and oxygen atoms in total. The zero-order valence-electron chi connectivity index (χ0n) is 11.8. The fraction of sp³-hybridized carbons (Fsp3) is 0.625. The highest BCUT2D eigenvalue weighted by molar-refractivity contribution is 5.55. The minimum atomic E-state index is -0.529. The van der Waals surface area contributed by atoms with E-state index in [1.165, 1.54) is 25.0 Å². The average molecular weight is 278 g/mol. The van der Waals surface area contributed by atoms with Crippen molar-refractivity contribution in [2.75, 3.05) is 31.1 Å². The molecule has 0 aromatic heterocycles. The standard InChI is InChI=1S/C16H23FN2O/c17-13-3-4-15-14(10-13)16(20)2-1-9-19(15)11-12-5-7-18-8-6-12/h3-4,10,12,16,18,20H,1-2,5-9,11H2. The van der Waals surface area contributed by atoms with E-state index in [0.29, 0.717) is 5.92 Å². The summed E-state index contributed by atoms with van der Waals surface area (Å²) in [4.78, 5) is 2.35. The highest BCUT2D eigenvalue weighted by Gasteiger charge is 2.24. The quantitative estimate of drug-likeness (QED) is 0.872. The van der Waals surface area contributed by atoms with Crippen LogP contribution in [0.5, 0.6) is 0 Å². The lowest BCUT2D eigenvalue weighted by molar-refractivity contribution is 0.168. The molecule has 1 atom stereocenters. The first kappa shape index (κ1) is 13.8. The minimum absolute atomic E-state index is 0.258. The van der Waals surface area contributed by atoms with Gasteiger partial charge >= 0.3 is 0 Å². The number of nitrogens with one attached hydrogen (secondary N) is 1. The number of piperidine rings is 1. The molecule has 3 rings (SSSR count). The van der Waals surface area contributed by atoms with Crippen LogP contribution in [0.15, 0.2) is 18.2 Å². The van der Waals surface area contributed by atoms with Gasteiger partial charge in [0.1, 0.15) is 5.82 Å². The molecule has 110 valence electrons. The molecule has 2 aliphatic heterocycles. The third-order valence-corrected chi connectivity index (χ3v) is 4.53. The maximum Gasteiger partial charge on any atom is 0.123 e. The van der Waals surface area contributed by atoms with E-state index in [4.69, 9.17) is 0 Å². The van der Waals surface area contributed by atoms with Crippen LogP contribution in [0.2, 0.25) is 0 Å². The predicted molar refractivity (Wildman–Crippen MR) is 78.4 cm³/mol. The monoisotopic (exact) mass is 278 g/mol. The van der Waals surface area contributed by atoms with E-state index in [1.807, 2.05) is 6.07 Å². The molecule has 0 radical (unpaired) electrons. The van der Waals surface area contributed by atoms with Crippen molar-refractivity contribution in [3.63, 3.8) is 0 Å². The van der Waals surface area contributed by atoms with Crippen LogP contribution in [0.3, 0.4) is 0 Å². The van der Waals surface area contributed by atoms with E-state index in [1.54, 1.807) is 0 Å². The molecule has 2 heterocycles. The van der Waals surface area contributed by atoms with E-state index in [-0.39, 0.29) is 5.82 Å². The molecule has 1 aromatic carbocycles. The number of aliphatic hydroxyl groups is 1. The molecule has 1 unspecified atom stereocenters. The summed E-state index contributed by atoms with van der Waals surface area (Å²) in [6.07, 6.45) is 3.56. The van der Waals surface area contributed by atoms with Crippen LogP contribution in [-0.2, 0) is 0 Å². The molecule has 0 amide bonds. The van der Waals surface area contributed by atoms with Crippen molar-refractivity contribution in [2.45, 2.75) is 31.8 Å². The number of fused-ring (bicyclic) bond motifs is 1. The second-order valence-corrected chi connectivity index (χ2v) is 6.00. The molecule has 0 spiro atoms. The molecule has 2 N–H and O–H groups in total. The molecule has 0 saturated carbocycles. The van der Waals surface area contributed by atoms with Gasteiger partial charge in [-0.25, -0.2) is 4.39 Å². The molecule has 2 aliphatic rings. The summed E-state index contributed by atoms with van der Waals surface area (Å²) in [6, 6.07) is 4.84. The first-order valence-corrected chi connectivity index (χ1v) is 7.67. The summed E-state index contributed by atoms with van der Waals surface area (Å²) < 4.78 is 13.4. The van der Waals surface area contributed by atoms with Crippen LogP contribution < -0.4 is 10.2 Å². The molecule has 20 heavy (non-hydrogen) atoms. The second kappa shape index (κ2) is 6.10. The van der Waals surface area contributed by atoms with Gasteiger partial charge in [-0.15, -0.1) is 0 Å². The van der Waals surface area contributed by atoms with Crippen LogP contribution in [0.1, 0.15) is 37.4 Å². The number of hydrogen-bond donors (Lipinski definition) is 2. The summed E-state index contributed by atoms with van der Waals surface area (Å²) in [5.74, 6) is 0.441. The topological polar surface area (TPSA) is 35.5 Å². The third kappa shape index (κ3) is 2.96. The third-order valence-electron chi connectivity index (χ3n) is 4.53. The van der Waals surface area contributed by atoms with Gasteiger partial charge < -0.3 is 15.3 Å². The minimum Gasteiger partial charge on any atom is -0.388 e. The van der Waals surface area contributed by atoms with Gasteiger partial charge in [0.25, 0.3) is 0 Å². The average Bonchev–Trinajstić information content (AvgIpc) is 2.60. The van der Waals surface area contributed by atoms with Crippen molar-refractivity contribution in [3.8, 4) is 0 Å². The lowest BCUT2D eigenvalue weighted by atomic mass is 9.97. The first-order chi connectivity index (χ1) is 9.74. The lowest BCUT2D eigenvalue weighted by Gasteiger charge is -2.32. The largest absolute Gasteiger partial charge is 0.388 e. The Hall–Kier alpha value is -1.13. The number of aliphatic hydroxyl groups excluding tert-OH is 1. The molecule has 1 saturated heterocycles. The van der Waals surface area contributed by atoms with Crippen molar-refractivity contribution in [1.82, 2.24) is 5.32 Å². The molecule has 1 aromatic rings. The molecule has 0 bridgehead atoms. The van der Waals surface area contributed by atoms with Crippen LogP contribution in [0.4, 0.5) is 10.1 Å². The van der Waals surface area contributed by atoms with Gasteiger partial charge in [-0.1, -0.05) is 0 Å². The van der Waals surface area contributed by atoms with Gasteiger partial charge in [0, 0.05) is 24.3 Å². The van der Waals surface area contributed by atoms with Crippen molar-refractivity contribution in [1.29, 1.82) is 0 Å². The molecule has 0 aliphatic carbocycles. The number of hydrogen-bond acceptors (Lipinski definition) is 3. The Balaban J connectivity index is 1.82. The van der Waals surface area contributed by atoms with Crippen LogP contribution in [-0.4, -0.2) is 31.3 Å². The van der Waals surface area contributed by atoms with E-state index in [2.05, 4.69) is 10.2 Å². The zero-order valence-corrected chi connectivity index (χ0v) is 11.8. The van der Waals surface area contributed by atoms with Gasteiger partial charge in [0.2, 0.25) is 0 Å². The molecular weight excluding hydrogens is 255 g/mol. The van der Waals surface area contributed by atoms with Crippen LogP contribution >= 0.6 is 0 Å². The first-order valence-electron chi connectivity index (χ1n) is 7.67. The summed E-state index contributed by atoms with van der Waals surface area (Å²) in [5, 5.41) is 13.6. The van der Waals surface area contributed by atoms with Gasteiger partial charge in [-0.3, -0.25) is 0 Å².